The summed E-state index contributed by atoms with van der Waals surface area (Å²) in [7, 11) is 0. The molecule has 1 nitrogen and oxygen atoms in total. The zero-order chi connectivity index (χ0) is 6.10. The van der Waals surface area contributed by atoms with Crippen LogP contribution in [0.25, 0.3) is 0 Å². The lowest BCUT2D eigenvalue weighted by Crippen LogP contribution is -1.90. The molecule has 0 spiro atoms. The third kappa shape index (κ3) is 0.689. The van der Waals surface area contributed by atoms with Crippen LogP contribution in [0, 0.1) is 6.07 Å². The van der Waals surface area contributed by atoms with Crippen molar-refractivity contribution in [3.05, 3.63) is 29.8 Å². The van der Waals surface area contributed by atoms with Crippen LogP contribution in [-0.2, 0) is 6.42 Å². The molecule has 1 aromatic carbocycles. The number of benzene rings is 1. The zero-order valence-corrected chi connectivity index (χ0v) is 5.15. The summed E-state index contributed by atoms with van der Waals surface area (Å²) in [4.78, 5) is 0. The van der Waals surface area contributed by atoms with Gasteiger partial charge >= 0.3 is 0 Å². The van der Waals surface area contributed by atoms with Crippen LogP contribution >= 0.6 is 0 Å². The van der Waals surface area contributed by atoms with Gasteiger partial charge in [0, 0.05) is 12.2 Å². The van der Waals surface area contributed by atoms with Crippen molar-refractivity contribution in [1.29, 1.82) is 0 Å². The first-order valence-corrected chi connectivity index (χ1v) is 3.20. The minimum Gasteiger partial charge on any atom is -0.384 e. The third-order valence-corrected chi connectivity index (χ3v) is 1.66. The molecule has 45 valence electrons. The normalized spacial score (nSPS) is 14.7. The van der Waals surface area contributed by atoms with Crippen molar-refractivity contribution in [2.24, 2.45) is 0 Å². The van der Waals surface area contributed by atoms with Crippen LogP contribution in [0.4, 0.5) is 5.69 Å². The second-order valence-electron chi connectivity index (χ2n) is 2.26. The summed E-state index contributed by atoms with van der Waals surface area (Å²) >= 11 is 0. The van der Waals surface area contributed by atoms with Gasteiger partial charge in [0.05, 0.1) is 0 Å². The molecule has 0 fully saturated rings. The van der Waals surface area contributed by atoms with Gasteiger partial charge in [0.2, 0.25) is 0 Å². The van der Waals surface area contributed by atoms with E-state index in [4.69, 9.17) is 0 Å². The molecule has 1 aromatic rings. The average molecular weight is 118 g/mol. The minimum absolute atomic E-state index is 1.09. The van der Waals surface area contributed by atoms with Gasteiger partial charge in [0.1, 0.15) is 0 Å². The van der Waals surface area contributed by atoms with Gasteiger partial charge in [-0.3, -0.25) is 0 Å². The highest BCUT2D eigenvalue weighted by molar-refractivity contribution is 5.54. The Morgan fingerprint density at radius 1 is 1.56 bits per heavy atom. The van der Waals surface area contributed by atoms with Crippen LogP contribution < -0.4 is 5.32 Å². The Kier molecular flexibility index (Phi) is 0.950. The van der Waals surface area contributed by atoms with E-state index >= 15 is 0 Å². The highest BCUT2D eigenvalue weighted by atomic mass is 14.9. The molecule has 0 aliphatic carbocycles. The van der Waals surface area contributed by atoms with E-state index in [9.17, 15) is 0 Å². The number of hydrogen-bond donors (Lipinski definition) is 1. The van der Waals surface area contributed by atoms with E-state index in [1.54, 1.807) is 0 Å². The molecule has 0 unspecified atom stereocenters. The second-order valence-corrected chi connectivity index (χ2v) is 2.26. The topological polar surface area (TPSA) is 12.0 Å². The summed E-state index contributed by atoms with van der Waals surface area (Å²) < 4.78 is 0. The van der Waals surface area contributed by atoms with E-state index in [-0.39, 0.29) is 0 Å². The molecule has 0 bridgehead atoms. The summed E-state index contributed by atoms with van der Waals surface area (Å²) in [6, 6.07) is 9.12. The van der Waals surface area contributed by atoms with Crippen molar-refractivity contribution >= 4 is 5.69 Å². The molecule has 1 aliphatic heterocycles. The molecule has 0 saturated carbocycles. The van der Waals surface area contributed by atoms with Gasteiger partial charge in [-0.1, -0.05) is 6.07 Å². The fraction of sp³-hybridized carbons (Fsp3) is 0.250. The Morgan fingerprint density at radius 3 is 3.44 bits per heavy atom. The Hall–Kier alpha value is -0.980. The fourth-order valence-corrected chi connectivity index (χ4v) is 1.18. The SMILES string of the molecule is [c]1ccc2c(c1)CCN2. The second kappa shape index (κ2) is 1.76. The highest BCUT2D eigenvalue weighted by Gasteiger charge is 2.06. The van der Waals surface area contributed by atoms with Gasteiger partial charge in [0.15, 0.2) is 0 Å². The van der Waals surface area contributed by atoms with Crippen molar-refractivity contribution in [1.82, 2.24) is 0 Å². The Morgan fingerprint density at radius 2 is 2.56 bits per heavy atom. The average Bonchev–Trinajstić information content (AvgIpc) is 2.33. The molecule has 2 rings (SSSR count). The van der Waals surface area contributed by atoms with Crippen LogP contribution in [0.2, 0.25) is 0 Å². The number of hydrogen-bond acceptors (Lipinski definition) is 1. The van der Waals surface area contributed by atoms with Gasteiger partial charge < -0.3 is 5.32 Å². The first-order chi connectivity index (χ1) is 4.47. The summed E-state index contributed by atoms with van der Waals surface area (Å²) in [6.45, 7) is 1.09. The van der Waals surface area contributed by atoms with E-state index < -0.39 is 0 Å². The molecule has 0 saturated heterocycles. The lowest BCUT2D eigenvalue weighted by molar-refractivity contribution is 1.11. The maximum absolute atomic E-state index is 3.28. The molecule has 1 heterocycles. The van der Waals surface area contributed by atoms with Crippen LogP contribution in [0.1, 0.15) is 5.56 Å². The number of anilines is 1. The summed E-state index contributed by atoms with van der Waals surface area (Å²) in [5.74, 6) is 0. The quantitative estimate of drug-likeness (QED) is 0.543. The molecule has 1 heteroatoms. The number of nitrogens with one attached hydrogen (secondary N) is 1. The summed E-state index contributed by atoms with van der Waals surface area (Å²) in [6.07, 6.45) is 1.16. The first-order valence-electron chi connectivity index (χ1n) is 3.20. The molecule has 1 aliphatic rings. The van der Waals surface area contributed by atoms with E-state index in [0.29, 0.717) is 0 Å². The van der Waals surface area contributed by atoms with Crippen molar-refractivity contribution in [3.8, 4) is 0 Å². The lowest BCUT2D eigenvalue weighted by Gasteiger charge is -1.94. The van der Waals surface area contributed by atoms with Gasteiger partial charge in [-0.05, 0) is 30.2 Å². The highest BCUT2D eigenvalue weighted by Crippen LogP contribution is 2.19. The van der Waals surface area contributed by atoms with Crippen LogP contribution in [0.5, 0.6) is 0 Å². The Labute approximate surface area is 54.7 Å². The van der Waals surface area contributed by atoms with E-state index in [1.807, 2.05) is 6.07 Å². The Balaban J connectivity index is 2.54. The summed E-state index contributed by atoms with van der Waals surface area (Å²) in [5.41, 5.74) is 2.69. The molecule has 1 radical (unpaired) electrons. The minimum atomic E-state index is 1.09. The van der Waals surface area contributed by atoms with Crippen LogP contribution in [-0.4, -0.2) is 6.54 Å². The number of rotatable bonds is 0. The summed E-state index contributed by atoms with van der Waals surface area (Å²) in [5, 5.41) is 3.28. The standard InChI is InChI=1S/C8H8N/c1-2-4-8-7(3-1)5-6-9-8/h2-4,9H,5-6H2. The van der Waals surface area contributed by atoms with Gasteiger partial charge in [-0.25, -0.2) is 0 Å². The van der Waals surface area contributed by atoms with Crippen molar-refractivity contribution in [3.63, 3.8) is 0 Å². The Bertz CT molecular complexity index is 195. The molecule has 0 atom stereocenters. The molecular weight excluding hydrogens is 110 g/mol. The van der Waals surface area contributed by atoms with E-state index in [0.717, 1.165) is 13.0 Å². The maximum atomic E-state index is 3.28. The van der Waals surface area contributed by atoms with Crippen molar-refractivity contribution in [2.75, 3.05) is 11.9 Å². The van der Waals surface area contributed by atoms with Crippen molar-refractivity contribution in [2.45, 2.75) is 6.42 Å². The molecule has 0 aromatic heterocycles. The van der Waals surface area contributed by atoms with Gasteiger partial charge in [0.25, 0.3) is 0 Å². The molecule has 1 N–H and O–H groups in total. The monoisotopic (exact) mass is 118 g/mol. The van der Waals surface area contributed by atoms with Crippen molar-refractivity contribution < 1.29 is 0 Å². The van der Waals surface area contributed by atoms with Gasteiger partial charge in [-0.2, -0.15) is 0 Å². The largest absolute Gasteiger partial charge is 0.384 e. The fourth-order valence-electron chi connectivity index (χ4n) is 1.18. The predicted molar refractivity (Wildman–Crippen MR) is 37.5 cm³/mol. The molecule has 9 heavy (non-hydrogen) atoms. The van der Waals surface area contributed by atoms with Gasteiger partial charge in [-0.15, -0.1) is 0 Å². The van der Waals surface area contributed by atoms with Crippen LogP contribution in [0.3, 0.4) is 0 Å². The zero-order valence-electron chi connectivity index (χ0n) is 5.15. The lowest BCUT2D eigenvalue weighted by atomic mass is 10.2. The maximum Gasteiger partial charge on any atom is 0.0373 e. The number of fused-ring (bicyclic) bond motifs is 1. The van der Waals surface area contributed by atoms with E-state index in [1.165, 1.54) is 11.3 Å². The predicted octanol–water partition coefficient (Wildman–Crippen LogP) is 1.45. The molecule has 0 amide bonds. The molecular formula is C8H8N. The van der Waals surface area contributed by atoms with Crippen LogP contribution in [0.15, 0.2) is 18.2 Å². The first kappa shape index (κ1) is 4.86. The van der Waals surface area contributed by atoms with E-state index in [2.05, 4.69) is 23.5 Å². The smallest absolute Gasteiger partial charge is 0.0373 e. The third-order valence-electron chi connectivity index (χ3n) is 1.66.